The maximum absolute atomic E-state index is 12.5. The van der Waals surface area contributed by atoms with Crippen molar-refractivity contribution in [3.05, 3.63) is 60.2 Å². The number of amides is 3. The number of methoxy groups -OCH3 is 1. The van der Waals surface area contributed by atoms with Crippen molar-refractivity contribution in [3.63, 3.8) is 0 Å². The maximum Gasteiger partial charge on any atom is 0.319 e. The summed E-state index contributed by atoms with van der Waals surface area (Å²) in [4.78, 5) is 24.9. The Morgan fingerprint density at radius 1 is 1.12 bits per heavy atom. The topological polar surface area (TPSA) is 109 Å². The van der Waals surface area contributed by atoms with Crippen LogP contribution in [0.5, 0.6) is 5.75 Å². The van der Waals surface area contributed by atoms with Crippen LogP contribution in [0.2, 0.25) is 0 Å². The number of rotatable bonds is 8. The fraction of sp³-hybridized carbons (Fsp3) is 0.417. The van der Waals surface area contributed by atoms with Crippen LogP contribution in [0.3, 0.4) is 0 Å². The average molecular weight is 442 g/mol. The monoisotopic (exact) mass is 441 g/mol. The van der Waals surface area contributed by atoms with Crippen LogP contribution in [0.1, 0.15) is 37.8 Å². The standard InChI is InChI=1S/C24H31N3O5/c1-16(17-8-4-3-5-9-17)25-23(29)14-18-12-13-20(22(15-28)32-18)27-24(30)26-19-10-6-7-11-21(19)31-2/h3-11,16,18,20,22,28H,12-15H2,1-2H3,(H,25,29)(H2,26,27,30)/t16-,18+,20+,22+/m0/s1. The van der Waals surface area contributed by atoms with E-state index in [0.29, 0.717) is 24.3 Å². The fourth-order valence-electron chi connectivity index (χ4n) is 3.85. The normalized spacial score (nSPS) is 21.3. The van der Waals surface area contributed by atoms with Gasteiger partial charge in [-0.25, -0.2) is 4.79 Å². The Labute approximate surface area is 188 Å². The van der Waals surface area contributed by atoms with Crippen LogP contribution < -0.4 is 20.7 Å². The summed E-state index contributed by atoms with van der Waals surface area (Å²) < 4.78 is 11.2. The Bertz CT molecular complexity index is 892. The van der Waals surface area contributed by atoms with Gasteiger partial charge in [0.2, 0.25) is 5.91 Å². The van der Waals surface area contributed by atoms with Crippen LogP contribution in [-0.2, 0) is 9.53 Å². The van der Waals surface area contributed by atoms with E-state index in [9.17, 15) is 14.7 Å². The molecule has 0 bridgehead atoms. The summed E-state index contributed by atoms with van der Waals surface area (Å²) in [5.74, 6) is 0.445. The molecule has 1 aliphatic heterocycles. The lowest BCUT2D eigenvalue weighted by molar-refractivity contribution is -0.131. The first-order valence-electron chi connectivity index (χ1n) is 10.8. The predicted octanol–water partition coefficient (Wildman–Crippen LogP) is 2.99. The molecule has 32 heavy (non-hydrogen) atoms. The first kappa shape index (κ1) is 23.6. The molecule has 0 spiro atoms. The second-order valence-corrected chi connectivity index (χ2v) is 7.87. The molecule has 1 fully saturated rings. The Morgan fingerprint density at radius 3 is 2.56 bits per heavy atom. The van der Waals surface area contributed by atoms with Gasteiger partial charge in [0, 0.05) is 0 Å². The molecular weight excluding hydrogens is 410 g/mol. The average Bonchev–Trinajstić information content (AvgIpc) is 2.80. The van der Waals surface area contributed by atoms with Crippen molar-refractivity contribution in [2.75, 3.05) is 19.0 Å². The maximum atomic E-state index is 12.5. The van der Waals surface area contributed by atoms with Crippen molar-refractivity contribution < 1.29 is 24.2 Å². The summed E-state index contributed by atoms with van der Waals surface area (Å²) >= 11 is 0. The number of aliphatic hydroxyl groups excluding tert-OH is 1. The SMILES string of the molecule is COc1ccccc1NC(=O)N[C@@H]1CC[C@H](CC(=O)N[C@@H](C)c2ccccc2)O[C@@H]1CO. The molecule has 8 nitrogen and oxygen atoms in total. The van der Waals surface area contributed by atoms with Crippen LogP contribution >= 0.6 is 0 Å². The van der Waals surface area contributed by atoms with Gasteiger partial charge in [-0.15, -0.1) is 0 Å². The van der Waals surface area contributed by atoms with Gasteiger partial charge in [-0.05, 0) is 37.5 Å². The minimum atomic E-state index is -0.587. The molecule has 8 heteroatoms. The van der Waals surface area contributed by atoms with Gasteiger partial charge in [-0.2, -0.15) is 0 Å². The van der Waals surface area contributed by atoms with E-state index in [0.717, 1.165) is 5.56 Å². The molecule has 0 radical (unpaired) electrons. The summed E-state index contributed by atoms with van der Waals surface area (Å²) in [6, 6.07) is 16.0. The molecule has 2 aromatic carbocycles. The van der Waals surface area contributed by atoms with E-state index in [1.807, 2.05) is 43.3 Å². The van der Waals surface area contributed by atoms with Crippen molar-refractivity contribution in [1.29, 1.82) is 0 Å². The highest BCUT2D eigenvalue weighted by Crippen LogP contribution is 2.25. The number of carbonyl (C=O) groups is 2. The molecule has 172 valence electrons. The van der Waals surface area contributed by atoms with Gasteiger partial charge in [-0.3, -0.25) is 4.79 Å². The van der Waals surface area contributed by atoms with E-state index in [2.05, 4.69) is 16.0 Å². The zero-order chi connectivity index (χ0) is 22.9. The molecule has 4 atom stereocenters. The number of hydrogen-bond donors (Lipinski definition) is 4. The van der Waals surface area contributed by atoms with Crippen LogP contribution in [0, 0.1) is 0 Å². The number of hydrogen-bond acceptors (Lipinski definition) is 5. The fourth-order valence-corrected chi connectivity index (χ4v) is 3.85. The summed E-state index contributed by atoms with van der Waals surface area (Å²) in [7, 11) is 1.53. The van der Waals surface area contributed by atoms with Crippen LogP contribution in [0.15, 0.2) is 54.6 Å². The number of para-hydroxylation sites is 2. The Balaban J connectivity index is 1.48. The van der Waals surface area contributed by atoms with Crippen molar-refractivity contribution in [3.8, 4) is 5.75 Å². The van der Waals surface area contributed by atoms with Crippen molar-refractivity contribution in [2.24, 2.45) is 0 Å². The third kappa shape index (κ3) is 6.45. The quantitative estimate of drug-likeness (QED) is 0.504. The lowest BCUT2D eigenvalue weighted by Gasteiger charge is -2.36. The van der Waals surface area contributed by atoms with Gasteiger partial charge in [-0.1, -0.05) is 42.5 Å². The van der Waals surface area contributed by atoms with Gasteiger partial charge in [0.15, 0.2) is 0 Å². The number of urea groups is 1. The summed E-state index contributed by atoms with van der Waals surface area (Å²) in [5.41, 5.74) is 1.58. The third-order valence-electron chi connectivity index (χ3n) is 5.56. The van der Waals surface area contributed by atoms with Crippen molar-refractivity contribution in [1.82, 2.24) is 10.6 Å². The van der Waals surface area contributed by atoms with E-state index < -0.39 is 12.1 Å². The Morgan fingerprint density at radius 2 is 1.84 bits per heavy atom. The lowest BCUT2D eigenvalue weighted by atomic mass is 9.97. The molecule has 1 saturated heterocycles. The van der Waals surface area contributed by atoms with Crippen LogP contribution in [0.25, 0.3) is 0 Å². The van der Waals surface area contributed by atoms with Crippen molar-refractivity contribution >= 4 is 17.6 Å². The first-order valence-corrected chi connectivity index (χ1v) is 10.8. The third-order valence-corrected chi connectivity index (χ3v) is 5.56. The summed E-state index contributed by atoms with van der Waals surface area (Å²) in [6.07, 6.45) is 0.496. The molecular formula is C24H31N3O5. The number of aliphatic hydroxyl groups is 1. The number of ether oxygens (including phenoxy) is 2. The Hall–Kier alpha value is -3.10. The Kier molecular flexibility index (Phi) is 8.47. The van der Waals surface area contributed by atoms with E-state index in [4.69, 9.17) is 9.47 Å². The molecule has 0 saturated carbocycles. The molecule has 0 aromatic heterocycles. The number of benzene rings is 2. The highest BCUT2D eigenvalue weighted by Gasteiger charge is 2.33. The number of anilines is 1. The first-order chi connectivity index (χ1) is 15.5. The molecule has 0 unspecified atom stereocenters. The largest absolute Gasteiger partial charge is 0.495 e. The van der Waals surface area contributed by atoms with Crippen LogP contribution in [0.4, 0.5) is 10.5 Å². The van der Waals surface area contributed by atoms with Crippen molar-refractivity contribution in [2.45, 2.75) is 50.5 Å². The summed E-state index contributed by atoms with van der Waals surface area (Å²) in [5, 5.41) is 18.4. The van der Waals surface area contributed by atoms with E-state index in [-0.39, 0.29) is 37.1 Å². The molecule has 0 aliphatic carbocycles. The zero-order valence-electron chi connectivity index (χ0n) is 18.4. The van der Waals surface area contributed by atoms with Gasteiger partial charge in [0.1, 0.15) is 11.9 Å². The molecule has 2 aromatic rings. The number of nitrogens with one attached hydrogen (secondary N) is 3. The second kappa shape index (κ2) is 11.5. The minimum absolute atomic E-state index is 0.103. The highest BCUT2D eigenvalue weighted by atomic mass is 16.5. The van der Waals surface area contributed by atoms with E-state index in [1.54, 1.807) is 18.2 Å². The van der Waals surface area contributed by atoms with E-state index in [1.165, 1.54) is 7.11 Å². The van der Waals surface area contributed by atoms with Gasteiger partial charge < -0.3 is 30.5 Å². The minimum Gasteiger partial charge on any atom is -0.495 e. The van der Waals surface area contributed by atoms with Gasteiger partial charge in [0.05, 0.1) is 44.0 Å². The molecule has 3 rings (SSSR count). The molecule has 1 aliphatic rings. The molecule has 4 N–H and O–H groups in total. The predicted molar refractivity (Wildman–Crippen MR) is 122 cm³/mol. The zero-order valence-corrected chi connectivity index (χ0v) is 18.4. The van der Waals surface area contributed by atoms with Gasteiger partial charge >= 0.3 is 6.03 Å². The highest BCUT2D eigenvalue weighted by molar-refractivity contribution is 5.91. The number of carbonyl (C=O) groups excluding carboxylic acids is 2. The van der Waals surface area contributed by atoms with E-state index >= 15 is 0 Å². The molecule has 3 amide bonds. The lowest BCUT2D eigenvalue weighted by Crippen LogP contribution is -2.52. The molecule has 1 heterocycles. The van der Waals surface area contributed by atoms with Crippen LogP contribution in [-0.4, -0.2) is 49.0 Å². The van der Waals surface area contributed by atoms with Gasteiger partial charge in [0.25, 0.3) is 0 Å². The second-order valence-electron chi connectivity index (χ2n) is 7.87. The smallest absolute Gasteiger partial charge is 0.319 e. The summed E-state index contributed by atoms with van der Waals surface area (Å²) in [6.45, 7) is 1.68.